The lowest BCUT2D eigenvalue weighted by Crippen LogP contribution is -2.37. The third-order valence-corrected chi connectivity index (χ3v) is 6.50. The second-order valence-electron chi connectivity index (χ2n) is 7.51. The maximum Gasteiger partial charge on any atom is 0.339 e. The monoisotopic (exact) mass is 572 g/mol. The third-order valence-electron chi connectivity index (χ3n) is 4.71. The predicted molar refractivity (Wildman–Crippen MR) is 136 cm³/mol. The molecular weight excluding hydrogens is 552 g/mol. The number of carbonyl (C=O) groups excluding carboxylic acids is 2. The highest BCUT2D eigenvalue weighted by molar-refractivity contribution is 9.10. The summed E-state index contributed by atoms with van der Waals surface area (Å²) in [4.78, 5) is 36.0. The van der Waals surface area contributed by atoms with Crippen LogP contribution in [0, 0.1) is 6.92 Å². The van der Waals surface area contributed by atoms with Gasteiger partial charge in [-0.25, -0.2) is 0 Å². The molecule has 3 aromatic rings. The fraction of sp³-hybridized carbons (Fsp3) is 0.0800. The Morgan fingerprint density at radius 2 is 1.56 bits per heavy atom. The molecule has 0 fully saturated rings. The summed E-state index contributed by atoms with van der Waals surface area (Å²) in [5.74, 6) is -2.60. The van der Waals surface area contributed by atoms with Crippen molar-refractivity contribution < 1.29 is 32.1 Å². The van der Waals surface area contributed by atoms with E-state index < -0.39 is 34.4 Å². The Morgan fingerprint density at radius 3 is 2.14 bits per heavy atom. The topological polar surface area (TPSA) is 139 Å². The van der Waals surface area contributed by atoms with Crippen molar-refractivity contribution in [1.29, 1.82) is 0 Å². The summed E-state index contributed by atoms with van der Waals surface area (Å²) in [5.41, 5.74) is 1.40. The minimum absolute atomic E-state index is 0.00474. The SMILES string of the molecule is Cc1ccc(S(=O)(=O)Oc2ccc(C=C(NC(=O)c3ccc(Br)cc3)C(=O)NCC(=O)O)cc2)cc1. The number of carboxylic acids is 1. The molecule has 0 spiro atoms. The van der Waals surface area contributed by atoms with Gasteiger partial charge in [-0.1, -0.05) is 45.8 Å². The van der Waals surface area contributed by atoms with E-state index in [2.05, 4.69) is 26.6 Å². The van der Waals surface area contributed by atoms with E-state index in [0.29, 0.717) is 5.56 Å². The number of amides is 2. The molecule has 0 aliphatic heterocycles. The van der Waals surface area contributed by atoms with Crippen LogP contribution < -0.4 is 14.8 Å². The lowest BCUT2D eigenvalue weighted by atomic mass is 10.1. The first-order chi connectivity index (χ1) is 17.0. The summed E-state index contributed by atoms with van der Waals surface area (Å²) >= 11 is 3.28. The van der Waals surface area contributed by atoms with Gasteiger partial charge in [-0.05, 0) is 67.1 Å². The van der Waals surface area contributed by atoms with Crippen LogP contribution in [0.15, 0.2) is 87.9 Å². The van der Waals surface area contributed by atoms with Crippen LogP contribution in [0.4, 0.5) is 0 Å². The fourth-order valence-corrected chi connectivity index (χ4v) is 4.07. The quantitative estimate of drug-likeness (QED) is 0.263. The van der Waals surface area contributed by atoms with Crippen molar-refractivity contribution in [2.75, 3.05) is 6.54 Å². The molecule has 3 aromatic carbocycles. The molecule has 2 amide bonds. The molecule has 3 rings (SSSR count). The molecule has 0 radical (unpaired) electrons. The third kappa shape index (κ3) is 7.52. The highest BCUT2D eigenvalue weighted by Gasteiger charge is 2.18. The van der Waals surface area contributed by atoms with Crippen molar-refractivity contribution in [2.45, 2.75) is 11.8 Å². The number of carboxylic acid groups (broad SMARTS) is 1. The van der Waals surface area contributed by atoms with E-state index in [9.17, 15) is 22.8 Å². The predicted octanol–water partition coefficient (Wildman–Crippen LogP) is 3.50. The molecule has 0 unspecified atom stereocenters. The Bertz CT molecular complexity index is 1400. The molecular formula is C25H21BrN2O7S. The number of hydrogen-bond acceptors (Lipinski definition) is 6. The van der Waals surface area contributed by atoms with E-state index in [1.54, 1.807) is 36.4 Å². The molecule has 9 nitrogen and oxygen atoms in total. The van der Waals surface area contributed by atoms with Crippen molar-refractivity contribution in [3.63, 3.8) is 0 Å². The molecule has 3 N–H and O–H groups in total. The van der Waals surface area contributed by atoms with Gasteiger partial charge in [0.2, 0.25) is 0 Å². The first-order valence-corrected chi connectivity index (χ1v) is 12.6. The van der Waals surface area contributed by atoms with E-state index in [1.807, 2.05) is 6.92 Å². The van der Waals surface area contributed by atoms with Crippen molar-refractivity contribution in [2.24, 2.45) is 0 Å². The molecule has 11 heteroatoms. The van der Waals surface area contributed by atoms with Gasteiger partial charge in [-0.3, -0.25) is 14.4 Å². The second kappa shape index (κ2) is 11.6. The zero-order valence-corrected chi connectivity index (χ0v) is 21.3. The average Bonchev–Trinajstić information content (AvgIpc) is 2.83. The minimum Gasteiger partial charge on any atom is -0.480 e. The molecule has 0 bridgehead atoms. The molecule has 0 heterocycles. The van der Waals surface area contributed by atoms with E-state index in [0.717, 1.165) is 10.0 Å². The summed E-state index contributed by atoms with van der Waals surface area (Å²) in [6.07, 6.45) is 1.33. The van der Waals surface area contributed by atoms with Crippen LogP contribution in [0.3, 0.4) is 0 Å². The van der Waals surface area contributed by atoms with Gasteiger partial charge in [0.1, 0.15) is 22.9 Å². The Labute approximate surface area is 216 Å². The minimum atomic E-state index is -4.04. The van der Waals surface area contributed by atoms with Gasteiger partial charge in [-0.2, -0.15) is 8.42 Å². The number of aryl methyl sites for hydroxylation is 1. The van der Waals surface area contributed by atoms with E-state index in [1.165, 1.54) is 42.5 Å². The summed E-state index contributed by atoms with van der Waals surface area (Å²) in [5, 5.41) is 13.5. The largest absolute Gasteiger partial charge is 0.480 e. The van der Waals surface area contributed by atoms with Crippen molar-refractivity contribution in [3.8, 4) is 5.75 Å². The lowest BCUT2D eigenvalue weighted by Gasteiger charge is -2.11. The maximum absolute atomic E-state index is 12.6. The molecule has 0 atom stereocenters. The van der Waals surface area contributed by atoms with Crippen molar-refractivity contribution in [1.82, 2.24) is 10.6 Å². The van der Waals surface area contributed by atoms with Crippen LogP contribution in [-0.2, 0) is 19.7 Å². The van der Waals surface area contributed by atoms with Crippen molar-refractivity contribution in [3.05, 3.63) is 99.7 Å². The number of benzene rings is 3. The lowest BCUT2D eigenvalue weighted by molar-refractivity contribution is -0.137. The zero-order chi connectivity index (χ0) is 26.3. The highest BCUT2D eigenvalue weighted by Crippen LogP contribution is 2.20. The van der Waals surface area contributed by atoms with Gasteiger partial charge in [0.15, 0.2) is 0 Å². The Kier molecular flexibility index (Phi) is 8.62. The first kappa shape index (κ1) is 26.6. The molecule has 0 aliphatic rings. The number of nitrogens with one attached hydrogen (secondary N) is 2. The van der Waals surface area contributed by atoms with Gasteiger partial charge in [0.25, 0.3) is 11.8 Å². The number of halogens is 1. The van der Waals surface area contributed by atoms with Crippen LogP contribution in [-0.4, -0.2) is 37.9 Å². The van der Waals surface area contributed by atoms with Gasteiger partial charge in [0, 0.05) is 10.0 Å². The Balaban J connectivity index is 1.81. The molecule has 0 saturated heterocycles. The van der Waals surface area contributed by atoms with Crippen LogP contribution in [0.1, 0.15) is 21.5 Å². The Hall–Kier alpha value is -3.96. The summed E-state index contributed by atoms with van der Waals surface area (Å²) in [7, 11) is -4.04. The van der Waals surface area contributed by atoms with E-state index >= 15 is 0 Å². The number of carbonyl (C=O) groups is 3. The highest BCUT2D eigenvalue weighted by atomic mass is 79.9. The zero-order valence-electron chi connectivity index (χ0n) is 18.9. The number of rotatable bonds is 9. The fourth-order valence-electron chi connectivity index (χ4n) is 2.87. The number of aliphatic carboxylic acids is 1. The summed E-state index contributed by atoms with van der Waals surface area (Å²) < 4.78 is 30.9. The molecule has 0 saturated carbocycles. The summed E-state index contributed by atoms with van der Waals surface area (Å²) in [6, 6.07) is 18.4. The van der Waals surface area contributed by atoms with Gasteiger partial charge in [0.05, 0.1) is 0 Å². The second-order valence-corrected chi connectivity index (χ2v) is 9.98. The first-order valence-electron chi connectivity index (χ1n) is 10.4. The van der Waals surface area contributed by atoms with Gasteiger partial charge in [-0.15, -0.1) is 0 Å². The maximum atomic E-state index is 12.6. The van der Waals surface area contributed by atoms with Crippen LogP contribution in [0.5, 0.6) is 5.75 Å². The van der Waals surface area contributed by atoms with Crippen LogP contribution in [0.25, 0.3) is 6.08 Å². The molecule has 36 heavy (non-hydrogen) atoms. The standard InChI is InChI=1S/C25H21BrN2O7S/c1-16-2-12-21(13-3-16)36(33,34)35-20-10-4-17(5-11-20)14-22(25(32)27-15-23(29)30)28-24(31)18-6-8-19(26)9-7-18/h2-14H,15H2,1H3,(H,27,32)(H,28,31)(H,29,30). The van der Waals surface area contributed by atoms with Crippen LogP contribution >= 0.6 is 15.9 Å². The van der Waals surface area contributed by atoms with Gasteiger partial charge >= 0.3 is 16.1 Å². The van der Waals surface area contributed by atoms with Crippen molar-refractivity contribution >= 4 is 49.9 Å². The molecule has 0 aliphatic carbocycles. The molecule has 0 aromatic heterocycles. The molecule has 186 valence electrons. The van der Waals surface area contributed by atoms with Gasteiger partial charge < -0.3 is 19.9 Å². The van der Waals surface area contributed by atoms with E-state index in [-0.39, 0.29) is 21.9 Å². The smallest absolute Gasteiger partial charge is 0.339 e. The normalized spacial score (nSPS) is 11.4. The Morgan fingerprint density at radius 1 is 0.944 bits per heavy atom. The number of hydrogen-bond donors (Lipinski definition) is 3. The van der Waals surface area contributed by atoms with E-state index in [4.69, 9.17) is 9.29 Å². The van der Waals surface area contributed by atoms with Crippen LogP contribution in [0.2, 0.25) is 0 Å². The summed E-state index contributed by atoms with van der Waals surface area (Å²) in [6.45, 7) is 1.19. The average molecular weight is 573 g/mol.